The molecule has 0 bridgehead atoms. The molecule has 2 aromatic carbocycles. The molecule has 2 aromatic rings. The fourth-order valence-corrected chi connectivity index (χ4v) is 2.76. The molecule has 0 saturated carbocycles. The first-order valence-electron chi connectivity index (χ1n) is 7.38. The zero-order valence-electron chi connectivity index (χ0n) is 13.6. The van der Waals surface area contributed by atoms with Crippen LogP contribution in [0.5, 0.6) is 11.5 Å². The van der Waals surface area contributed by atoms with Gasteiger partial charge in [-0.2, -0.15) is 0 Å². The Morgan fingerprint density at radius 3 is 2.36 bits per heavy atom. The van der Waals surface area contributed by atoms with Gasteiger partial charge in [-0.3, -0.25) is 4.79 Å². The van der Waals surface area contributed by atoms with Gasteiger partial charge >= 0.3 is 0 Å². The molecule has 1 aliphatic rings. The van der Waals surface area contributed by atoms with Gasteiger partial charge < -0.3 is 14.8 Å². The molecule has 128 valence electrons. The van der Waals surface area contributed by atoms with Crippen LogP contribution in [0.1, 0.15) is 5.56 Å². The number of carbonyl (C=O) groups excluding carboxylic acids is 1. The molecule has 1 N–H and O–H groups in total. The number of rotatable bonds is 4. The Labute approximate surface area is 149 Å². The normalized spacial score (nSPS) is 15.5. The molecule has 5 nitrogen and oxygen atoms in total. The molecule has 0 aromatic heterocycles. The van der Waals surface area contributed by atoms with Crippen LogP contribution in [-0.2, 0) is 4.79 Å². The van der Waals surface area contributed by atoms with Crippen LogP contribution in [0.4, 0.5) is 10.1 Å². The molecule has 25 heavy (non-hydrogen) atoms. The van der Waals surface area contributed by atoms with Crippen LogP contribution in [0.2, 0.25) is 0 Å². The second kappa shape index (κ2) is 6.90. The number of ether oxygens (including phenoxy) is 2. The summed E-state index contributed by atoms with van der Waals surface area (Å²) < 4.78 is 24.4. The zero-order valence-corrected chi connectivity index (χ0v) is 14.4. The summed E-state index contributed by atoms with van der Waals surface area (Å²) in [7, 11) is 3.08. The molecule has 1 fully saturated rings. The predicted molar refractivity (Wildman–Crippen MR) is 97.1 cm³/mol. The number of hydrogen-bond donors (Lipinski definition) is 1. The second-order valence-corrected chi connectivity index (χ2v) is 5.61. The lowest BCUT2D eigenvalue weighted by atomic mass is 10.1. The first kappa shape index (κ1) is 16.9. The van der Waals surface area contributed by atoms with Crippen LogP contribution >= 0.6 is 12.2 Å². The molecule has 1 aliphatic heterocycles. The average molecular weight is 358 g/mol. The van der Waals surface area contributed by atoms with Crippen molar-refractivity contribution in [3.8, 4) is 11.5 Å². The van der Waals surface area contributed by atoms with Crippen molar-refractivity contribution < 1.29 is 18.7 Å². The van der Waals surface area contributed by atoms with Crippen LogP contribution in [-0.4, -0.2) is 25.2 Å². The first-order chi connectivity index (χ1) is 12.0. The highest BCUT2D eigenvalue weighted by atomic mass is 32.1. The van der Waals surface area contributed by atoms with Gasteiger partial charge in [-0.05, 0) is 48.1 Å². The van der Waals surface area contributed by atoms with E-state index in [1.54, 1.807) is 50.6 Å². The summed E-state index contributed by atoms with van der Waals surface area (Å²) in [4.78, 5) is 13.8. The minimum atomic E-state index is -0.524. The Morgan fingerprint density at radius 1 is 1.12 bits per heavy atom. The number of benzene rings is 2. The summed E-state index contributed by atoms with van der Waals surface area (Å²) in [5.74, 6) is 0.219. The minimum absolute atomic E-state index is 0.108. The predicted octanol–water partition coefficient (Wildman–Crippen LogP) is 3.11. The molecule has 3 rings (SSSR count). The maximum Gasteiger partial charge on any atom is 0.281 e. The fraction of sp³-hybridized carbons (Fsp3) is 0.111. The van der Waals surface area contributed by atoms with E-state index in [1.165, 1.54) is 12.1 Å². The largest absolute Gasteiger partial charge is 0.497 e. The van der Waals surface area contributed by atoms with Gasteiger partial charge in [0.25, 0.3) is 5.91 Å². The van der Waals surface area contributed by atoms with Crippen molar-refractivity contribution in [3.05, 3.63) is 59.5 Å². The number of amides is 1. The van der Waals surface area contributed by atoms with E-state index in [1.807, 2.05) is 0 Å². The standard InChI is InChI=1S/C18H15FN2O3S/c1-23-12-7-11(8-13(10-12)24-2)9-15-17(22)21(18(25)20-15)16-6-4-3-5-14(16)19/h3-10H,1-2H3,(H,20,25)/b15-9-. The number of carbonyl (C=O) groups is 1. The molecule has 7 heteroatoms. The number of methoxy groups -OCH3 is 2. The molecule has 0 unspecified atom stereocenters. The molecule has 1 heterocycles. The van der Waals surface area contributed by atoms with Gasteiger partial charge in [0.1, 0.15) is 23.0 Å². The summed E-state index contributed by atoms with van der Waals surface area (Å²) >= 11 is 5.19. The van der Waals surface area contributed by atoms with Gasteiger partial charge in [-0.1, -0.05) is 12.1 Å². The van der Waals surface area contributed by atoms with Crippen molar-refractivity contribution in [2.45, 2.75) is 0 Å². The van der Waals surface area contributed by atoms with Crippen LogP contribution in [0, 0.1) is 5.82 Å². The SMILES string of the molecule is COc1cc(/C=C2\NC(=S)N(c3ccccc3F)C2=O)cc(OC)c1. The van der Waals surface area contributed by atoms with Gasteiger partial charge in [0.05, 0.1) is 19.9 Å². The number of para-hydroxylation sites is 1. The van der Waals surface area contributed by atoms with Gasteiger partial charge in [-0.25, -0.2) is 9.29 Å². The number of nitrogens with zero attached hydrogens (tertiary/aromatic N) is 1. The average Bonchev–Trinajstić information content (AvgIpc) is 2.88. The number of anilines is 1. The molecule has 1 amide bonds. The van der Waals surface area contributed by atoms with E-state index < -0.39 is 11.7 Å². The Kier molecular flexibility index (Phi) is 4.67. The lowest BCUT2D eigenvalue weighted by Gasteiger charge is -2.14. The smallest absolute Gasteiger partial charge is 0.281 e. The third-order valence-electron chi connectivity index (χ3n) is 3.66. The maximum absolute atomic E-state index is 14.0. The van der Waals surface area contributed by atoms with E-state index in [4.69, 9.17) is 21.7 Å². The van der Waals surface area contributed by atoms with E-state index >= 15 is 0 Å². The molecule has 0 aliphatic carbocycles. The summed E-state index contributed by atoms with van der Waals surface area (Å²) in [5.41, 5.74) is 1.03. The highest BCUT2D eigenvalue weighted by Crippen LogP contribution is 2.27. The number of halogens is 1. The van der Waals surface area contributed by atoms with E-state index in [-0.39, 0.29) is 16.5 Å². The lowest BCUT2D eigenvalue weighted by Crippen LogP contribution is -2.31. The minimum Gasteiger partial charge on any atom is -0.497 e. The Morgan fingerprint density at radius 2 is 1.76 bits per heavy atom. The summed E-state index contributed by atoms with van der Waals surface area (Å²) in [6.45, 7) is 0. The van der Waals surface area contributed by atoms with Gasteiger partial charge in [0.15, 0.2) is 5.11 Å². The summed E-state index contributed by atoms with van der Waals surface area (Å²) in [6, 6.07) is 11.2. The van der Waals surface area contributed by atoms with Crippen LogP contribution in [0.15, 0.2) is 48.2 Å². The van der Waals surface area contributed by atoms with Gasteiger partial charge in [-0.15, -0.1) is 0 Å². The van der Waals surface area contributed by atoms with Gasteiger partial charge in [0, 0.05) is 6.07 Å². The maximum atomic E-state index is 14.0. The van der Waals surface area contributed by atoms with Crippen molar-refractivity contribution in [2.24, 2.45) is 0 Å². The van der Waals surface area contributed by atoms with E-state index in [0.717, 1.165) is 4.90 Å². The number of nitrogens with one attached hydrogen (secondary N) is 1. The van der Waals surface area contributed by atoms with E-state index in [9.17, 15) is 9.18 Å². The topological polar surface area (TPSA) is 50.8 Å². The highest BCUT2D eigenvalue weighted by molar-refractivity contribution is 7.80. The fourth-order valence-electron chi connectivity index (χ4n) is 2.47. The Bertz CT molecular complexity index is 860. The first-order valence-corrected chi connectivity index (χ1v) is 7.79. The van der Waals surface area contributed by atoms with E-state index in [0.29, 0.717) is 17.1 Å². The molecular formula is C18H15FN2O3S. The third kappa shape index (κ3) is 3.32. The Balaban J connectivity index is 1.97. The van der Waals surface area contributed by atoms with Crippen molar-refractivity contribution in [3.63, 3.8) is 0 Å². The molecule has 0 radical (unpaired) electrons. The number of hydrogen-bond acceptors (Lipinski definition) is 4. The Hall–Kier alpha value is -2.93. The molecule has 0 atom stereocenters. The quantitative estimate of drug-likeness (QED) is 0.672. The monoisotopic (exact) mass is 358 g/mol. The molecular weight excluding hydrogens is 343 g/mol. The second-order valence-electron chi connectivity index (χ2n) is 5.23. The van der Waals surface area contributed by atoms with Crippen molar-refractivity contribution in [1.29, 1.82) is 0 Å². The summed E-state index contributed by atoms with van der Waals surface area (Å²) in [5, 5.41) is 2.94. The van der Waals surface area contributed by atoms with Crippen LogP contribution < -0.4 is 19.7 Å². The van der Waals surface area contributed by atoms with Crippen LogP contribution in [0.3, 0.4) is 0 Å². The molecule has 1 saturated heterocycles. The van der Waals surface area contributed by atoms with Crippen LogP contribution in [0.25, 0.3) is 6.08 Å². The number of thiocarbonyl (C=S) groups is 1. The van der Waals surface area contributed by atoms with Crippen molar-refractivity contribution in [1.82, 2.24) is 5.32 Å². The van der Waals surface area contributed by atoms with Crippen molar-refractivity contribution in [2.75, 3.05) is 19.1 Å². The third-order valence-corrected chi connectivity index (χ3v) is 3.94. The van der Waals surface area contributed by atoms with Gasteiger partial charge in [0.2, 0.25) is 0 Å². The highest BCUT2D eigenvalue weighted by Gasteiger charge is 2.33. The lowest BCUT2D eigenvalue weighted by molar-refractivity contribution is -0.113. The zero-order chi connectivity index (χ0) is 18.0. The van der Waals surface area contributed by atoms with Crippen molar-refractivity contribution >= 4 is 35.0 Å². The molecule has 0 spiro atoms. The van der Waals surface area contributed by atoms with E-state index in [2.05, 4.69) is 5.32 Å². The summed E-state index contributed by atoms with van der Waals surface area (Å²) in [6.07, 6.45) is 1.61.